The molecule has 6 heteroatoms. The Kier molecular flexibility index (Phi) is 4.04. The second-order valence-corrected chi connectivity index (χ2v) is 4.99. The molecule has 1 aromatic carbocycles. The van der Waals surface area contributed by atoms with Crippen LogP contribution in [0.4, 0.5) is 4.39 Å². The molecular weight excluding hydrogens is 271 g/mol. The van der Waals surface area contributed by atoms with Crippen LogP contribution < -0.4 is 5.32 Å². The van der Waals surface area contributed by atoms with E-state index in [1.54, 1.807) is 11.8 Å². The quantitative estimate of drug-likeness (QED) is 0.899. The minimum atomic E-state index is -0.400. The van der Waals surface area contributed by atoms with Crippen molar-refractivity contribution in [3.63, 3.8) is 0 Å². The van der Waals surface area contributed by atoms with Crippen LogP contribution in [0, 0.1) is 5.82 Å². The molecule has 1 fully saturated rings. The van der Waals surface area contributed by atoms with Crippen LogP contribution in [0.5, 0.6) is 0 Å². The van der Waals surface area contributed by atoms with Gasteiger partial charge in [-0.05, 0) is 30.7 Å². The van der Waals surface area contributed by atoms with Crippen LogP contribution in [-0.4, -0.2) is 29.3 Å². The van der Waals surface area contributed by atoms with E-state index in [-0.39, 0.29) is 37.4 Å². The highest BCUT2D eigenvalue weighted by atomic mass is 35.5. The molecule has 19 heavy (non-hydrogen) atoms. The average Bonchev–Trinajstić information content (AvgIpc) is 2.47. The summed E-state index contributed by atoms with van der Waals surface area (Å²) in [5, 5.41) is 2.94. The number of rotatable bonds is 2. The number of amides is 2. The number of carbonyl (C=O) groups excluding carboxylic acids is 2. The molecule has 1 heterocycles. The summed E-state index contributed by atoms with van der Waals surface area (Å²) in [4.78, 5) is 24.9. The van der Waals surface area contributed by atoms with Gasteiger partial charge in [-0.1, -0.05) is 11.6 Å². The fourth-order valence-electron chi connectivity index (χ4n) is 2.06. The van der Waals surface area contributed by atoms with Gasteiger partial charge in [0.1, 0.15) is 5.82 Å². The molecule has 1 saturated heterocycles. The molecule has 0 spiro atoms. The van der Waals surface area contributed by atoms with Crippen LogP contribution in [0.2, 0.25) is 5.02 Å². The van der Waals surface area contributed by atoms with Gasteiger partial charge in [0, 0.05) is 24.0 Å². The number of hydrogen-bond acceptors (Lipinski definition) is 2. The van der Waals surface area contributed by atoms with E-state index >= 15 is 0 Å². The van der Waals surface area contributed by atoms with Crippen molar-refractivity contribution in [1.82, 2.24) is 10.2 Å². The van der Waals surface area contributed by atoms with Gasteiger partial charge in [0.05, 0.1) is 6.54 Å². The normalized spacial score (nSPS) is 20.2. The van der Waals surface area contributed by atoms with E-state index in [4.69, 9.17) is 11.6 Å². The first-order valence-corrected chi connectivity index (χ1v) is 6.35. The van der Waals surface area contributed by atoms with Crippen molar-refractivity contribution < 1.29 is 14.0 Å². The molecule has 1 unspecified atom stereocenters. The maximum atomic E-state index is 13.2. The average molecular weight is 285 g/mol. The second kappa shape index (κ2) is 5.57. The Bertz CT molecular complexity index is 521. The third kappa shape index (κ3) is 3.23. The number of carbonyl (C=O) groups is 2. The Balaban J connectivity index is 2.22. The fraction of sp³-hybridized carbons (Fsp3) is 0.385. The second-order valence-electron chi connectivity index (χ2n) is 4.59. The zero-order valence-electron chi connectivity index (χ0n) is 10.5. The predicted molar refractivity (Wildman–Crippen MR) is 69.0 cm³/mol. The molecule has 4 nitrogen and oxygen atoms in total. The van der Waals surface area contributed by atoms with Gasteiger partial charge in [-0.2, -0.15) is 0 Å². The first-order valence-electron chi connectivity index (χ1n) is 5.97. The van der Waals surface area contributed by atoms with E-state index in [1.165, 1.54) is 18.2 Å². The summed E-state index contributed by atoms with van der Waals surface area (Å²) >= 11 is 5.99. The summed E-state index contributed by atoms with van der Waals surface area (Å²) in [5.41, 5.74) is 0.538. The molecule has 1 aliphatic rings. The van der Waals surface area contributed by atoms with Gasteiger partial charge >= 0.3 is 0 Å². The number of nitrogens with zero attached hydrogens (tertiary/aromatic N) is 1. The zero-order chi connectivity index (χ0) is 14.0. The summed E-state index contributed by atoms with van der Waals surface area (Å²) in [6.07, 6.45) is 0.235. The summed E-state index contributed by atoms with van der Waals surface area (Å²) in [6, 6.07) is 3.80. The van der Waals surface area contributed by atoms with Crippen molar-refractivity contribution in [3.05, 3.63) is 34.6 Å². The molecule has 2 amide bonds. The van der Waals surface area contributed by atoms with Crippen molar-refractivity contribution in [3.8, 4) is 0 Å². The molecule has 0 aliphatic carbocycles. The molecule has 0 radical (unpaired) electrons. The molecule has 1 N–H and O–H groups in total. The molecule has 102 valence electrons. The summed E-state index contributed by atoms with van der Waals surface area (Å²) in [6.45, 7) is 1.96. The fourth-order valence-corrected chi connectivity index (χ4v) is 2.24. The molecule has 0 bridgehead atoms. The van der Waals surface area contributed by atoms with Gasteiger partial charge in [0.15, 0.2) is 0 Å². The number of hydrogen-bond donors (Lipinski definition) is 1. The predicted octanol–water partition coefficient (Wildman–Crippen LogP) is 1.72. The highest BCUT2D eigenvalue weighted by molar-refractivity contribution is 6.31. The molecule has 1 atom stereocenters. The van der Waals surface area contributed by atoms with Crippen molar-refractivity contribution >= 4 is 23.4 Å². The highest BCUT2D eigenvalue weighted by Crippen LogP contribution is 2.21. The Morgan fingerprint density at radius 2 is 2.21 bits per heavy atom. The Hall–Kier alpha value is -1.62. The lowest BCUT2D eigenvalue weighted by molar-refractivity contribution is -0.132. The molecule has 1 aliphatic heterocycles. The summed E-state index contributed by atoms with van der Waals surface area (Å²) in [5.74, 6) is -0.754. The lowest BCUT2D eigenvalue weighted by atomic mass is 10.1. The first-order chi connectivity index (χ1) is 8.97. The van der Waals surface area contributed by atoms with Crippen LogP contribution >= 0.6 is 11.6 Å². The molecule has 0 aromatic heterocycles. The maximum Gasteiger partial charge on any atom is 0.242 e. The van der Waals surface area contributed by atoms with E-state index in [9.17, 15) is 14.0 Å². The third-order valence-corrected chi connectivity index (χ3v) is 3.49. The van der Waals surface area contributed by atoms with Crippen molar-refractivity contribution in [2.75, 3.05) is 6.54 Å². The minimum Gasteiger partial charge on any atom is -0.347 e. The highest BCUT2D eigenvalue weighted by Gasteiger charge is 2.26. The van der Waals surface area contributed by atoms with Gasteiger partial charge in [-0.25, -0.2) is 4.39 Å². The van der Waals surface area contributed by atoms with Crippen LogP contribution in [0.1, 0.15) is 18.9 Å². The van der Waals surface area contributed by atoms with E-state index < -0.39 is 5.82 Å². The molecule has 0 saturated carbocycles. The Morgan fingerprint density at radius 3 is 2.95 bits per heavy atom. The minimum absolute atomic E-state index is 0.0316. The van der Waals surface area contributed by atoms with Crippen LogP contribution in [0.15, 0.2) is 18.2 Å². The van der Waals surface area contributed by atoms with Crippen molar-refractivity contribution in [2.24, 2.45) is 0 Å². The van der Waals surface area contributed by atoms with E-state index in [0.29, 0.717) is 10.6 Å². The standard InChI is InChI=1S/C13H14ClFN2O2/c1-8-4-12(18)16-6-13(19)17(8)7-9-5-10(15)2-3-11(9)14/h2-3,5,8H,4,6-7H2,1H3,(H,16,18). The lowest BCUT2D eigenvalue weighted by Crippen LogP contribution is -2.39. The van der Waals surface area contributed by atoms with E-state index in [2.05, 4.69) is 5.32 Å². The third-order valence-electron chi connectivity index (χ3n) is 3.12. The Morgan fingerprint density at radius 1 is 1.47 bits per heavy atom. The first kappa shape index (κ1) is 13.8. The van der Waals surface area contributed by atoms with E-state index in [1.807, 2.05) is 0 Å². The number of benzene rings is 1. The number of nitrogens with one attached hydrogen (secondary N) is 1. The van der Waals surface area contributed by atoms with Gasteiger partial charge < -0.3 is 10.2 Å². The SMILES string of the molecule is CC1CC(=O)NCC(=O)N1Cc1cc(F)ccc1Cl. The molecular formula is C13H14ClFN2O2. The molecule has 2 rings (SSSR count). The van der Waals surface area contributed by atoms with Gasteiger partial charge in [-0.15, -0.1) is 0 Å². The van der Waals surface area contributed by atoms with E-state index in [0.717, 1.165) is 0 Å². The van der Waals surface area contributed by atoms with Gasteiger partial charge in [0.2, 0.25) is 11.8 Å². The summed E-state index contributed by atoms with van der Waals surface area (Å²) in [7, 11) is 0. The topological polar surface area (TPSA) is 49.4 Å². The van der Waals surface area contributed by atoms with Crippen LogP contribution in [0.25, 0.3) is 0 Å². The lowest BCUT2D eigenvalue weighted by Gasteiger charge is -2.26. The van der Waals surface area contributed by atoms with Crippen molar-refractivity contribution in [1.29, 1.82) is 0 Å². The van der Waals surface area contributed by atoms with Gasteiger partial charge in [-0.3, -0.25) is 9.59 Å². The largest absolute Gasteiger partial charge is 0.347 e. The zero-order valence-corrected chi connectivity index (χ0v) is 11.2. The Labute approximate surface area is 115 Å². The monoisotopic (exact) mass is 284 g/mol. The smallest absolute Gasteiger partial charge is 0.242 e. The van der Waals surface area contributed by atoms with Crippen LogP contribution in [-0.2, 0) is 16.1 Å². The summed E-state index contributed by atoms with van der Waals surface area (Å²) < 4.78 is 13.2. The number of halogens is 2. The van der Waals surface area contributed by atoms with Crippen LogP contribution in [0.3, 0.4) is 0 Å². The molecule has 1 aromatic rings. The maximum absolute atomic E-state index is 13.2. The van der Waals surface area contributed by atoms with Crippen molar-refractivity contribution in [2.45, 2.75) is 25.9 Å². The van der Waals surface area contributed by atoms with Gasteiger partial charge in [0.25, 0.3) is 0 Å².